The van der Waals surface area contributed by atoms with Gasteiger partial charge >= 0.3 is 11.9 Å². The third-order valence-corrected chi connectivity index (χ3v) is 3.96. The van der Waals surface area contributed by atoms with Crippen LogP contribution in [-0.4, -0.2) is 23.1 Å². The van der Waals surface area contributed by atoms with Crippen molar-refractivity contribution >= 4 is 11.9 Å². The quantitative estimate of drug-likeness (QED) is 0.770. The fraction of sp³-hybridized carbons (Fsp3) is 0.556. The van der Waals surface area contributed by atoms with Crippen LogP contribution in [0.15, 0.2) is 12.1 Å². The van der Waals surface area contributed by atoms with Gasteiger partial charge in [-0.2, -0.15) is 0 Å². The van der Waals surface area contributed by atoms with Crippen molar-refractivity contribution in [1.29, 1.82) is 0 Å². The van der Waals surface area contributed by atoms with Crippen LogP contribution >= 0.6 is 0 Å². The van der Waals surface area contributed by atoms with Gasteiger partial charge in [-0.3, -0.25) is 0 Å². The van der Waals surface area contributed by atoms with Crippen molar-refractivity contribution in [2.45, 2.75) is 60.0 Å². The van der Waals surface area contributed by atoms with Gasteiger partial charge in [0, 0.05) is 0 Å². The molecule has 122 valence electrons. The fourth-order valence-corrected chi connectivity index (χ4v) is 2.59. The van der Waals surface area contributed by atoms with Gasteiger partial charge in [-0.15, -0.1) is 0 Å². The van der Waals surface area contributed by atoms with E-state index < -0.39 is 11.9 Å². The Morgan fingerprint density at radius 3 is 1.91 bits per heavy atom. The summed E-state index contributed by atoms with van der Waals surface area (Å²) >= 11 is 0. The van der Waals surface area contributed by atoms with Crippen LogP contribution in [0.2, 0.25) is 0 Å². The number of aryl methyl sites for hydroxylation is 2. The number of carbonyl (C=O) groups is 2. The summed E-state index contributed by atoms with van der Waals surface area (Å²) < 4.78 is 5.51. The largest absolute Gasteiger partial charge is 0.478 e. The van der Waals surface area contributed by atoms with Gasteiger partial charge in [-0.25, -0.2) is 9.59 Å². The maximum atomic E-state index is 12.4. The lowest BCUT2D eigenvalue weighted by molar-refractivity contribution is 0.0169. The van der Waals surface area contributed by atoms with Crippen LogP contribution in [0.1, 0.15) is 72.9 Å². The van der Waals surface area contributed by atoms with E-state index in [1.807, 2.05) is 34.6 Å². The highest BCUT2D eigenvalue weighted by atomic mass is 16.5. The number of carboxylic acids is 1. The summed E-state index contributed by atoms with van der Waals surface area (Å²) in [5.41, 5.74) is 2.14. The highest BCUT2D eigenvalue weighted by molar-refractivity contribution is 6.02. The lowest BCUT2D eigenvalue weighted by atomic mass is 9.95. The van der Waals surface area contributed by atoms with Gasteiger partial charge in [-0.05, 0) is 48.4 Å². The van der Waals surface area contributed by atoms with Crippen molar-refractivity contribution in [3.05, 3.63) is 34.4 Å². The molecule has 0 aliphatic heterocycles. The zero-order valence-electron chi connectivity index (χ0n) is 14.1. The molecule has 22 heavy (non-hydrogen) atoms. The summed E-state index contributed by atoms with van der Waals surface area (Å²) in [6.45, 7) is 9.89. The minimum atomic E-state index is -1.10. The minimum absolute atomic E-state index is 0.0256. The lowest BCUT2D eigenvalue weighted by Crippen LogP contribution is -2.24. The molecule has 1 rings (SSSR count). The molecular weight excluding hydrogens is 280 g/mol. The van der Waals surface area contributed by atoms with E-state index >= 15 is 0 Å². The van der Waals surface area contributed by atoms with Crippen molar-refractivity contribution in [1.82, 2.24) is 0 Å². The standard InChI is InChI=1S/C18H26O4/c1-6-12-9-14(17(19)20)15(10-13(12)7-2)18(21)22-16(8-3)11(4)5/h9-11,16H,6-8H2,1-5H3,(H,19,20). The third-order valence-electron chi connectivity index (χ3n) is 3.96. The number of hydrogen-bond acceptors (Lipinski definition) is 3. The number of hydrogen-bond donors (Lipinski definition) is 1. The summed E-state index contributed by atoms with van der Waals surface area (Å²) in [6, 6.07) is 3.28. The Labute approximate surface area is 132 Å². The first-order valence-corrected chi connectivity index (χ1v) is 7.95. The molecule has 0 aliphatic carbocycles. The van der Waals surface area contributed by atoms with E-state index in [2.05, 4.69) is 0 Å². The van der Waals surface area contributed by atoms with E-state index in [9.17, 15) is 14.7 Å². The van der Waals surface area contributed by atoms with Gasteiger partial charge in [0.2, 0.25) is 0 Å². The van der Waals surface area contributed by atoms with E-state index in [1.165, 1.54) is 0 Å². The lowest BCUT2D eigenvalue weighted by Gasteiger charge is -2.21. The Kier molecular flexibility index (Phi) is 6.60. The molecule has 0 aromatic heterocycles. The maximum absolute atomic E-state index is 12.4. The van der Waals surface area contributed by atoms with Crippen molar-refractivity contribution in [3.8, 4) is 0 Å². The van der Waals surface area contributed by atoms with Crippen LogP contribution in [0.5, 0.6) is 0 Å². The van der Waals surface area contributed by atoms with Crippen LogP contribution in [0.4, 0.5) is 0 Å². The van der Waals surface area contributed by atoms with E-state index in [0.717, 1.165) is 24.0 Å². The Morgan fingerprint density at radius 2 is 1.55 bits per heavy atom. The first kappa shape index (κ1) is 18.2. The maximum Gasteiger partial charge on any atom is 0.339 e. The fourth-order valence-electron chi connectivity index (χ4n) is 2.59. The van der Waals surface area contributed by atoms with Crippen molar-refractivity contribution in [2.24, 2.45) is 5.92 Å². The molecule has 1 unspecified atom stereocenters. The summed E-state index contributed by atoms with van der Waals surface area (Å²) in [6.07, 6.45) is 2.00. The second-order valence-corrected chi connectivity index (χ2v) is 5.77. The Morgan fingerprint density at radius 1 is 1.05 bits per heavy atom. The van der Waals surface area contributed by atoms with E-state index in [1.54, 1.807) is 12.1 Å². The minimum Gasteiger partial charge on any atom is -0.478 e. The zero-order valence-corrected chi connectivity index (χ0v) is 14.1. The molecule has 0 heterocycles. The topological polar surface area (TPSA) is 63.6 Å². The summed E-state index contributed by atoms with van der Waals surface area (Å²) in [5, 5.41) is 9.39. The Balaban J connectivity index is 3.26. The van der Waals surface area contributed by atoms with E-state index in [-0.39, 0.29) is 23.1 Å². The number of aromatic carboxylic acids is 1. The second-order valence-electron chi connectivity index (χ2n) is 5.77. The molecule has 1 aromatic carbocycles. The van der Waals surface area contributed by atoms with Crippen LogP contribution in [0.25, 0.3) is 0 Å². The van der Waals surface area contributed by atoms with Gasteiger partial charge < -0.3 is 9.84 Å². The highest BCUT2D eigenvalue weighted by Crippen LogP contribution is 2.22. The molecule has 0 amide bonds. The molecule has 0 spiro atoms. The molecule has 0 saturated carbocycles. The van der Waals surface area contributed by atoms with E-state index in [4.69, 9.17) is 4.74 Å². The van der Waals surface area contributed by atoms with E-state index in [0.29, 0.717) is 6.42 Å². The van der Waals surface area contributed by atoms with Gasteiger partial charge in [0.1, 0.15) is 6.10 Å². The molecule has 4 nitrogen and oxygen atoms in total. The monoisotopic (exact) mass is 306 g/mol. The third kappa shape index (κ3) is 4.09. The average molecular weight is 306 g/mol. The van der Waals surface area contributed by atoms with Gasteiger partial charge in [0.15, 0.2) is 0 Å². The number of ether oxygens (including phenoxy) is 1. The average Bonchev–Trinajstić information content (AvgIpc) is 2.50. The molecule has 0 aliphatic rings. The Bertz CT molecular complexity index is 546. The predicted octanol–water partition coefficient (Wildman–Crippen LogP) is 4.10. The molecule has 1 atom stereocenters. The van der Waals surface area contributed by atoms with Gasteiger partial charge in [0.25, 0.3) is 0 Å². The van der Waals surface area contributed by atoms with Crippen LogP contribution in [0.3, 0.4) is 0 Å². The van der Waals surface area contributed by atoms with Crippen molar-refractivity contribution in [3.63, 3.8) is 0 Å². The number of carbonyl (C=O) groups excluding carboxylic acids is 1. The highest BCUT2D eigenvalue weighted by Gasteiger charge is 2.23. The van der Waals surface area contributed by atoms with Crippen molar-refractivity contribution in [2.75, 3.05) is 0 Å². The summed E-state index contributed by atoms with van der Waals surface area (Å²) in [5.74, 6) is -1.44. The summed E-state index contributed by atoms with van der Waals surface area (Å²) in [4.78, 5) is 23.9. The first-order valence-electron chi connectivity index (χ1n) is 7.95. The Hall–Kier alpha value is -1.84. The van der Waals surface area contributed by atoms with Crippen molar-refractivity contribution < 1.29 is 19.4 Å². The number of benzene rings is 1. The normalized spacial score (nSPS) is 12.3. The number of rotatable bonds is 7. The SMILES string of the molecule is CCc1cc(C(=O)O)c(C(=O)OC(CC)C(C)C)cc1CC. The molecule has 4 heteroatoms. The number of esters is 1. The molecule has 0 radical (unpaired) electrons. The predicted molar refractivity (Wildman–Crippen MR) is 86.5 cm³/mol. The van der Waals surface area contributed by atoms with Gasteiger partial charge in [-0.1, -0.05) is 34.6 Å². The first-order chi connectivity index (χ1) is 10.3. The smallest absolute Gasteiger partial charge is 0.339 e. The molecular formula is C18H26O4. The van der Waals surface area contributed by atoms with Crippen LogP contribution in [-0.2, 0) is 17.6 Å². The zero-order chi connectivity index (χ0) is 16.9. The molecule has 0 saturated heterocycles. The molecule has 1 aromatic rings. The van der Waals surface area contributed by atoms with Gasteiger partial charge in [0.05, 0.1) is 11.1 Å². The van der Waals surface area contributed by atoms with Crippen LogP contribution in [0, 0.1) is 5.92 Å². The summed E-state index contributed by atoms with van der Waals surface area (Å²) in [7, 11) is 0. The second kappa shape index (κ2) is 7.97. The number of carboxylic acid groups (broad SMARTS) is 1. The molecule has 0 bridgehead atoms. The molecule has 0 fully saturated rings. The molecule has 1 N–H and O–H groups in total. The van der Waals surface area contributed by atoms with Crippen LogP contribution < -0.4 is 0 Å².